The van der Waals surface area contributed by atoms with Crippen molar-refractivity contribution in [2.45, 2.75) is 13.5 Å². The van der Waals surface area contributed by atoms with Gasteiger partial charge >= 0.3 is 0 Å². The molecule has 3 nitrogen and oxygen atoms in total. The minimum Gasteiger partial charge on any atom is -0.325 e. The topological polar surface area (TPSA) is 32.3 Å². The third kappa shape index (κ3) is 5.21. The van der Waals surface area contributed by atoms with Gasteiger partial charge in [-0.3, -0.25) is 9.69 Å². The van der Waals surface area contributed by atoms with Crippen LogP contribution in [0.1, 0.15) is 11.1 Å². The van der Waals surface area contributed by atoms with E-state index in [-0.39, 0.29) is 5.91 Å². The van der Waals surface area contributed by atoms with Crippen molar-refractivity contribution in [3.63, 3.8) is 0 Å². The Kier molecular flexibility index (Phi) is 5.37. The number of aryl methyl sites for hydroxylation is 1. The van der Waals surface area contributed by atoms with E-state index in [9.17, 15) is 4.79 Å². The van der Waals surface area contributed by atoms with Gasteiger partial charge in [0.15, 0.2) is 0 Å². The van der Waals surface area contributed by atoms with E-state index in [2.05, 4.69) is 30.4 Å². The molecule has 0 atom stereocenters. The molecule has 1 N–H and O–H groups in total. The molecule has 0 saturated heterocycles. The molecule has 21 heavy (non-hydrogen) atoms. The van der Waals surface area contributed by atoms with Crippen molar-refractivity contribution < 1.29 is 4.79 Å². The van der Waals surface area contributed by atoms with Gasteiger partial charge in [-0.05, 0) is 43.8 Å². The van der Waals surface area contributed by atoms with Crippen LogP contribution >= 0.6 is 11.6 Å². The van der Waals surface area contributed by atoms with Crippen molar-refractivity contribution in [3.05, 3.63) is 64.7 Å². The van der Waals surface area contributed by atoms with Gasteiger partial charge in [0.1, 0.15) is 0 Å². The number of halogens is 1. The number of benzene rings is 2. The van der Waals surface area contributed by atoms with Gasteiger partial charge in [0.2, 0.25) is 5.91 Å². The number of nitrogens with zero attached hydrogens (tertiary/aromatic N) is 1. The molecule has 0 aliphatic heterocycles. The second kappa shape index (κ2) is 7.25. The van der Waals surface area contributed by atoms with Crippen LogP contribution in [-0.2, 0) is 11.3 Å². The SMILES string of the molecule is Cc1cccc(CN(C)CC(=O)Nc2ccc(Cl)cc2)c1. The summed E-state index contributed by atoms with van der Waals surface area (Å²) in [5, 5.41) is 3.51. The van der Waals surface area contributed by atoms with Crippen LogP contribution < -0.4 is 5.32 Å². The highest BCUT2D eigenvalue weighted by Crippen LogP contribution is 2.13. The van der Waals surface area contributed by atoms with E-state index in [1.807, 2.05) is 18.0 Å². The molecular weight excluding hydrogens is 284 g/mol. The van der Waals surface area contributed by atoms with Crippen LogP contribution in [-0.4, -0.2) is 24.4 Å². The summed E-state index contributed by atoms with van der Waals surface area (Å²) in [7, 11) is 1.93. The number of likely N-dealkylation sites (N-methyl/N-ethyl adjacent to an activating group) is 1. The van der Waals surface area contributed by atoms with Crippen molar-refractivity contribution in [1.82, 2.24) is 4.90 Å². The molecule has 0 aliphatic rings. The van der Waals surface area contributed by atoms with Gasteiger partial charge in [-0.15, -0.1) is 0 Å². The minimum absolute atomic E-state index is 0.0347. The van der Waals surface area contributed by atoms with E-state index in [4.69, 9.17) is 11.6 Å². The summed E-state index contributed by atoms with van der Waals surface area (Å²) in [6.45, 7) is 3.16. The van der Waals surface area contributed by atoms with Crippen LogP contribution in [0.15, 0.2) is 48.5 Å². The highest BCUT2D eigenvalue weighted by atomic mass is 35.5. The van der Waals surface area contributed by atoms with Gasteiger partial charge in [0, 0.05) is 17.3 Å². The molecule has 0 fully saturated rings. The first-order valence-electron chi connectivity index (χ1n) is 6.82. The highest BCUT2D eigenvalue weighted by Gasteiger charge is 2.07. The number of amides is 1. The summed E-state index contributed by atoms with van der Waals surface area (Å²) in [5.41, 5.74) is 3.19. The zero-order valence-corrected chi connectivity index (χ0v) is 13.0. The number of hydrogen-bond donors (Lipinski definition) is 1. The van der Waals surface area contributed by atoms with Gasteiger partial charge in [-0.1, -0.05) is 41.4 Å². The van der Waals surface area contributed by atoms with Crippen LogP contribution in [0, 0.1) is 6.92 Å². The standard InChI is InChI=1S/C17H19ClN2O/c1-13-4-3-5-14(10-13)11-20(2)12-17(21)19-16-8-6-15(18)7-9-16/h3-10H,11-12H2,1-2H3,(H,19,21). The molecule has 2 aromatic carbocycles. The first kappa shape index (κ1) is 15.5. The van der Waals surface area contributed by atoms with Gasteiger partial charge in [0.25, 0.3) is 0 Å². The zero-order valence-electron chi connectivity index (χ0n) is 12.3. The smallest absolute Gasteiger partial charge is 0.238 e. The van der Waals surface area contributed by atoms with E-state index >= 15 is 0 Å². The van der Waals surface area contributed by atoms with Crippen molar-refractivity contribution in [1.29, 1.82) is 0 Å². The lowest BCUT2D eigenvalue weighted by molar-refractivity contribution is -0.117. The molecule has 1 amide bonds. The molecule has 0 bridgehead atoms. The Labute approximate surface area is 130 Å². The van der Waals surface area contributed by atoms with Crippen LogP contribution in [0.25, 0.3) is 0 Å². The minimum atomic E-state index is -0.0347. The van der Waals surface area contributed by atoms with E-state index in [0.29, 0.717) is 11.6 Å². The molecule has 0 aromatic heterocycles. The maximum Gasteiger partial charge on any atom is 0.238 e. The van der Waals surface area contributed by atoms with Gasteiger partial charge < -0.3 is 5.32 Å². The molecule has 0 heterocycles. The lowest BCUT2D eigenvalue weighted by Crippen LogP contribution is -2.29. The summed E-state index contributed by atoms with van der Waals surface area (Å²) < 4.78 is 0. The Hall–Kier alpha value is -1.84. The fourth-order valence-corrected chi connectivity index (χ4v) is 2.28. The Morgan fingerprint density at radius 2 is 1.90 bits per heavy atom. The van der Waals surface area contributed by atoms with Crippen LogP contribution in [0.2, 0.25) is 5.02 Å². The lowest BCUT2D eigenvalue weighted by atomic mass is 10.1. The fraction of sp³-hybridized carbons (Fsp3) is 0.235. The number of hydrogen-bond acceptors (Lipinski definition) is 2. The molecule has 0 unspecified atom stereocenters. The first-order valence-corrected chi connectivity index (χ1v) is 7.20. The van der Waals surface area contributed by atoms with E-state index < -0.39 is 0 Å². The average molecular weight is 303 g/mol. The summed E-state index contributed by atoms with van der Waals surface area (Å²) in [4.78, 5) is 14.0. The van der Waals surface area contributed by atoms with Crippen LogP contribution in [0.3, 0.4) is 0 Å². The summed E-state index contributed by atoms with van der Waals surface area (Å²) in [5.74, 6) is -0.0347. The molecule has 0 aliphatic carbocycles. The molecule has 0 radical (unpaired) electrons. The highest BCUT2D eigenvalue weighted by molar-refractivity contribution is 6.30. The average Bonchev–Trinajstić information content (AvgIpc) is 2.41. The third-order valence-electron chi connectivity index (χ3n) is 3.08. The molecule has 4 heteroatoms. The Balaban J connectivity index is 1.86. The molecular formula is C17H19ClN2O. The van der Waals surface area contributed by atoms with Crippen molar-refractivity contribution >= 4 is 23.2 Å². The van der Waals surface area contributed by atoms with E-state index in [1.165, 1.54) is 11.1 Å². The third-order valence-corrected chi connectivity index (χ3v) is 3.33. The molecule has 2 aromatic rings. The lowest BCUT2D eigenvalue weighted by Gasteiger charge is -2.16. The Morgan fingerprint density at radius 1 is 1.19 bits per heavy atom. The number of anilines is 1. The van der Waals surface area contributed by atoms with Crippen molar-refractivity contribution in [3.8, 4) is 0 Å². The fourth-order valence-electron chi connectivity index (χ4n) is 2.16. The van der Waals surface area contributed by atoms with Gasteiger partial charge in [-0.2, -0.15) is 0 Å². The van der Waals surface area contributed by atoms with Crippen molar-refractivity contribution in [2.75, 3.05) is 18.9 Å². The number of carbonyl (C=O) groups excluding carboxylic acids is 1. The normalized spacial score (nSPS) is 10.7. The van der Waals surface area contributed by atoms with E-state index in [1.54, 1.807) is 24.3 Å². The number of carbonyl (C=O) groups is 1. The van der Waals surface area contributed by atoms with Crippen LogP contribution in [0.5, 0.6) is 0 Å². The van der Waals surface area contributed by atoms with Gasteiger partial charge in [-0.25, -0.2) is 0 Å². The number of rotatable bonds is 5. The van der Waals surface area contributed by atoms with E-state index in [0.717, 1.165) is 12.2 Å². The maximum absolute atomic E-state index is 12.0. The summed E-state index contributed by atoms with van der Waals surface area (Å²) >= 11 is 5.81. The first-order chi connectivity index (χ1) is 10.0. The predicted molar refractivity (Wildman–Crippen MR) is 87.6 cm³/mol. The Morgan fingerprint density at radius 3 is 2.57 bits per heavy atom. The van der Waals surface area contributed by atoms with Crippen molar-refractivity contribution in [2.24, 2.45) is 0 Å². The molecule has 110 valence electrons. The maximum atomic E-state index is 12.0. The quantitative estimate of drug-likeness (QED) is 0.913. The second-order valence-corrected chi connectivity index (χ2v) is 5.65. The molecule has 0 saturated carbocycles. The summed E-state index contributed by atoms with van der Waals surface area (Å²) in [6.07, 6.45) is 0. The monoisotopic (exact) mass is 302 g/mol. The zero-order chi connectivity index (χ0) is 15.2. The van der Waals surface area contributed by atoms with Crippen LogP contribution in [0.4, 0.5) is 5.69 Å². The Bertz CT molecular complexity index is 610. The predicted octanol–water partition coefficient (Wildman–Crippen LogP) is 3.72. The van der Waals surface area contributed by atoms with Gasteiger partial charge in [0.05, 0.1) is 6.54 Å². The number of nitrogens with one attached hydrogen (secondary N) is 1. The molecule has 2 rings (SSSR count). The second-order valence-electron chi connectivity index (χ2n) is 5.22. The molecule has 0 spiro atoms. The summed E-state index contributed by atoms with van der Waals surface area (Å²) in [6, 6.07) is 15.4. The largest absolute Gasteiger partial charge is 0.325 e.